The van der Waals surface area contributed by atoms with Gasteiger partial charge in [-0.1, -0.05) is 71.2 Å². The Kier molecular flexibility index (Phi) is 6.08. The van der Waals surface area contributed by atoms with E-state index < -0.39 is 11.8 Å². The molecular formula is C20H16Cl3N3O2. The average molecular weight is 437 g/mol. The molecule has 2 amide bonds. The number of hydrazone groups is 1. The number of allylic oxidation sites excluding steroid dienone is 1. The highest BCUT2D eigenvalue weighted by atomic mass is 35.5. The molecule has 0 atom stereocenters. The largest absolute Gasteiger partial charge is 0.347 e. The molecule has 2 aromatic carbocycles. The normalized spacial score (nSPS) is 13.5. The second-order valence-electron chi connectivity index (χ2n) is 6.31. The molecule has 0 aliphatic carbocycles. The molecule has 1 heterocycles. The first-order valence-electron chi connectivity index (χ1n) is 8.34. The van der Waals surface area contributed by atoms with Gasteiger partial charge in [0.2, 0.25) is 0 Å². The first kappa shape index (κ1) is 20.4. The molecule has 0 unspecified atom stereocenters. The predicted octanol–water partition coefficient (Wildman–Crippen LogP) is 5.09. The SMILES string of the molecule is C=C(C)c1ccc(CNC(=O)C2=NN(c3c(Cl)cc(Cl)cc3Cl)C(=O)C2)cc1. The minimum Gasteiger partial charge on any atom is -0.347 e. The minimum absolute atomic E-state index is 0.0886. The molecule has 0 saturated heterocycles. The van der Waals surface area contributed by atoms with Gasteiger partial charge >= 0.3 is 0 Å². The zero-order chi connectivity index (χ0) is 20.4. The van der Waals surface area contributed by atoms with Crippen molar-refractivity contribution in [3.8, 4) is 0 Å². The van der Waals surface area contributed by atoms with E-state index in [4.69, 9.17) is 34.8 Å². The molecule has 8 heteroatoms. The van der Waals surface area contributed by atoms with Crippen LogP contribution >= 0.6 is 34.8 Å². The second kappa shape index (κ2) is 8.35. The summed E-state index contributed by atoms with van der Waals surface area (Å²) in [7, 11) is 0. The van der Waals surface area contributed by atoms with E-state index in [2.05, 4.69) is 17.0 Å². The van der Waals surface area contributed by atoms with Crippen molar-refractivity contribution in [3.05, 3.63) is 69.2 Å². The lowest BCUT2D eigenvalue weighted by atomic mass is 10.1. The van der Waals surface area contributed by atoms with E-state index in [0.29, 0.717) is 11.6 Å². The third-order valence-electron chi connectivity index (χ3n) is 4.13. The molecule has 0 saturated carbocycles. The Labute approximate surface area is 177 Å². The molecular weight excluding hydrogens is 421 g/mol. The number of hydrogen-bond donors (Lipinski definition) is 1. The van der Waals surface area contributed by atoms with E-state index in [1.54, 1.807) is 0 Å². The van der Waals surface area contributed by atoms with Crippen molar-refractivity contribution in [2.45, 2.75) is 19.9 Å². The Hall–Kier alpha value is -2.34. The highest BCUT2D eigenvalue weighted by Crippen LogP contribution is 2.38. The van der Waals surface area contributed by atoms with E-state index in [0.717, 1.165) is 21.7 Å². The first-order chi connectivity index (χ1) is 13.3. The van der Waals surface area contributed by atoms with Gasteiger partial charge in [0.1, 0.15) is 11.4 Å². The Morgan fingerprint density at radius 3 is 2.36 bits per heavy atom. The Bertz CT molecular complexity index is 977. The third-order valence-corrected chi connectivity index (χ3v) is 4.93. The van der Waals surface area contributed by atoms with Gasteiger partial charge in [-0.15, -0.1) is 0 Å². The maximum atomic E-state index is 12.4. The number of anilines is 1. The zero-order valence-corrected chi connectivity index (χ0v) is 17.2. The van der Waals surface area contributed by atoms with Gasteiger partial charge < -0.3 is 5.32 Å². The van der Waals surface area contributed by atoms with Crippen molar-refractivity contribution in [2.24, 2.45) is 5.10 Å². The van der Waals surface area contributed by atoms with Gasteiger partial charge in [0.15, 0.2) is 0 Å². The van der Waals surface area contributed by atoms with Crippen LogP contribution in [0.2, 0.25) is 15.1 Å². The molecule has 28 heavy (non-hydrogen) atoms. The van der Waals surface area contributed by atoms with Crippen molar-refractivity contribution in [2.75, 3.05) is 5.01 Å². The van der Waals surface area contributed by atoms with Gasteiger partial charge in [0.05, 0.1) is 16.5 Å². The van der Waals surface area contributed by atoms with E-state index in [-0.39, 0.29) is 27.9 Å². The van der Waals surface area contributed by atoms with Crippen molar-refractivity contribution < 1.29 is 9.59 Å². The number of halogens is 3. The monoisotopic (exact) mass is 435 g/mol. The van der Waals surface area contributed by atoms with Gasteiger partial charge in [-0.2, -0.15) is 10.1 Å². The van der Waals surface area contributed by atoms with Crippen LogP contribution in [0.4, 0.5) is 5.69 Å². The Balaban J connectivity index is 1.72. The number of nitrogens with one attached hydrogen (secondary N) is 1. The Morgan fingerprint density at radius 1 is 1.18 bits per heavy atom. The zero-order valence-electron chi connectivity index (χ0n) is 14.9. The summed E-state index contributed by atoms with van der Waals surface area (Å²) in [5.74, 6) is -0.830. The smallest absolute Gasteiger partial charge is 0.268 e. The van der Waals surface area contributed by atoms with Crippen molar-refractivity contribution >= 4 is 63.6 Å². The summed E-state index contributed by atoms with van der Waals surface area (Å²) >= 11 is 18.2. The average Bonchev–Trinajstić information content (AvgIpc) is 3.01. The topological polar surface area (TPSA) is 61.8 Å². The van der Waals surface area contributed by atoms with Crippen LogP contribution in [0.15, 0.2) is 48.1 Å². The quantitative estimate of drug-likeness (QED) is 0.709. The van der Waals surface area contributed by atoms with Crippen LogP contribution < -0.4 is 10.3 Å². The summed E-state index contributed by atoms with van der Waals surface area (Å²) < 4.78 is 0. The lowest BCUT2D eigenvalue weighted by Gasteiger charge is -2.15. The van der Waals surface area contributed by atoms with E-state index >= 15 is 0 Å². The maximum Gasteiger partial charge on any atom is 0.268 e. The van der Waals surface area contributed by atoms with Gasteiger partial charge in [0, 0.05) is 11.6 Å². The highest BCUT2D eigenvalue weighted by Gasteiger charge is 2.31. The van der Waals surface area contributed by atoms with E-state index in [1.807, 2.05) is 31.2 Å². The van der Waals surface area contributed by atoms with Crippen LogP contribution in [0, 0.1) is 0 Å². The van der Waals surface area contributed by atoms with E-state index in [9.17, 15) is 9.59 Å². The fourth-order valence-corrected chi connectivity index (χ4v) is 3.64. The number of carbonyl (C=O) groups excluding carboxylic acids is 2. The molecule has 2 aromatic rings. The van der Waals surface area contributed by atoms with Crippen molar-refractivity contribution in [1.29, 1.82) is 0 Å². The molecule has 1 N–H and O–H groups in total. The molecule has 5 nitrogen and oxygen atoms in total. The van der Waals surface area contributed by atoms with Gasteiger partial charge in [-0.25, -0.2) is 0 Å². The number of amides is 2. The second-order valence-corrected chi connectivity index (χ2v) is 7.56. The molecule has 1 aliphatic rings. The van der Waals surface area contributed by atoms with E-state index in [1.165, 1.54) is 12.1 Å². The molecule has 0 fully saturated rings. The van der Waals surface area contributed by atoms with Crippen LogP contribution in [0.1, 0.15) is 24.5 Å². The lowest BCUT2D eigenvalue weighted by molar-refractivity contribution is -0.118. The highest BCUT2D eigenvalue weighted by molar-refractivity contribution is 6.46. The van der Waals surface area contributed by atoms with Crippen molar-refractivity contribution in [3.63, 3.8) is 0 Å². The summed E-state index contributed by atoms with van der Waals surface area (Å²) in [4.78, 5) is 24.7. The first-order valence-corrected chi connectivity index (χ1v) is 9.47. The summed E-state index contributed by atoms with van der Waals surface area (Å²) in [5.41, 5.74) is 3.22. The Morgan fingerprint density at radius 2 is 1.79 bits per heavy atom. The summed E-state index contributed by atoms with van der Waals surface area (Å²) in [6.07, 6.45) is -0.143. The fourth-order valence-electron chi connectivity index (χ4n) is 2.66. The predicted molar refractivity (Wildman–Crippen MR) is 114 cm³/mol. The van der Waals surface area contributed by atoms with Crippen LogP contribution in [-0.2, 0) is 16.1 Å². The number of nitrogens with zero attached hydrogens (tertiary/aromatic N) is 2. The summed E-state index contributed by atoms with van der Waals surface area (Å²) in [6.45, 7) is 6.13. The number of hydrogen-bond acceptors (Lipinski definition) is 3. The van der Waals surface area contributed by atoms with Crippen molar-refractivity contribution in [1.82, 2.24) is 5.32 Å². The third kappa shape index (κ3) is 4.38. The van der Waals surface area contributed by atoms with Gasteiger partial charge in [-0.3, -0.25) is 9.59 Å². The minimum atomic E-state index is -0.430. The summed E-state index contributed by atoms with van der Waals surface area (Å²) in [6, 6.07) is 10.6. The van der Waals surface area contributed by atoms with Gasteiger partial charge in [-0.05, 0) is 30.2 Å². The number of carbonyl (C=O) groups is 2. The molecule has 0 spiro atoms. The molecule has 0 aromatic heterocycles. The molecule has 0 bridgehead atoms. The van der Waals surface area contributed by atoms with Crippen LogP contribution in [0.25, 0.3) is 5.57 Å². The fraction of sp³-hybridized carbons (Fsp3) is 0.150. The van der Waals surface area contributed by atoms with Crippen LogP contribution in [-0.4, -0.2) is 17.5 Å². The van der Waals surface area contributed by atoms with Crippen LogP contribution in [0.5, 0.6) is 0 Å². The number of rotatable bonds is 5. The lowest BCUT2D eigenvalue weighted by Crippen LogP contribution is -2.30. The maximum absolute atomic E-state index is 12.4. The molecule has 0 radical (unpaired) electrons. The van der Waals surface area contributed by atoms with Crippen LogP contribution in [0.3, 0.4) is 0 Å². The molecule has 1 aliphatic heterocycles. The molecule has 144 valence electrons. The summed E-state index contributed by atoms with van der Waals surface area (Å²) in [5, 5.41) is 8.59. The standard InChI is InChI=1S/C20H16Cl3N3O2/c1-11(2)13-5-3-12(4-6-13)10-24-20(28)17-9-18(27)26(25-17)19-15(22)7-14(21)8-16(19)23/h3-8H,1,9-10H2,2H3,(H,24,28). The number of benzene rings is 2. The molecule has 3 rings (SSSR count). The van der Waals surface area contributed by atoms with Gasteiger partial charge in [0.25, 0.3) is 11.8 Å².